The minimum Gasteiger partial charge on any atom is -0.480 e. The first kappa shape index (κ1) is 19.4. The lowest BCUT2D eigenvalue weighted by atomic mass is 9.99. The molecule has 0 saturated heterocycles. The summed E-state index contributed by atoms with van der Waals surface area (Å²) >= 11 is 0. The molecule has 3 N–H and O–H groups in total. The van der Waals surface area contributed by atoms with E-state index in [0.29, 0.717) is 18.9 Å². The topological polar surface area (TPSA) is 113 Å². The number of carboxylic acids is 1. The highest BCUT2D eigenvalue weighted by Crippen LogP contribution is 2.28. The highest BCUT2D eigenvalue weighted by molar-refractivity contribution is 7.89. The van der Waals surface area contributed by atoms with Gasteiger partial charge in [0.2, 0.25) is 10.0 Å². The van der Waals surface area contributed by atoms with Gasteiger partial charge in [-0.2, -0.15) is 0 Å². The van der Waals surface area contributed by atoms with Gasteiger partial charge in [-0.25, -0.2) is 17.9 Å². The molecular formula is C17H24N2O5S. The second-order valence-corrected chi connectivity index (χ2v) is 8.26. The molecule has 7 nitrogen and oxygen atoms in total. The van der Waals surface area contributed by atoms with Gasteiger partial charge in [-0.3, -0.25) is 4.79 Å². The Morgan fingerprint density at radius 3 is 2.56 bits per heavy atom. The quantitative estimate of drug-likeness (QED) is 0.613. The summed E-state index contributed by atoms with van der Waals surface area (Å²) in [6.45, 7) is 3.97. The van der Waals surface area contributed by atoms with Gasteiger partial charge in [0, 0.05) is 12.1 Å². The predicted octanol–water partition coefficient (Wildman–Crippen LogP) is 1.60. The third-order valence-electron chi connectivity index (χ3n) is 4.43. The number of aliphatic carboxylic acids is 1. The van der Waals surface area contributed by atoms with Crippen LogP contribution < -0.4 is 10.0 Å². The molecule has 1 aliphatic carbocycles. The fraction of sp³-hybridized carbons (Fsp3) is 0.529. The third kappa shape index (κ3) is 5.27. The van der Waals surface area contributed by atoms with Gasteiger partial charge < -0.3 is 10.4 Å². The molecular weight excluding hydrogens is 344 g/mol. The summed E-state index contributed by atoms with van der Waals surface area (Å²) in [6.07, 6.45) is 2.64. The molecule has 0 spiro atoms. The highest BCUT2D eigenvalue weighted by Gasteiger charge is 2.27. The molecule has 0 aliphatic heterocycles. The van der Waals surface area contributed by atoms with Crippen molar-refractivity contribution in [3.05, 3.63) is 29.8 Å². The van der Waals surface area contributed by atoms with Crippen molar-refractivity contribution in [3.8, 4) is 0 Å². The van der Waals surface area contributed by atoms with Crippen LogP contribution in [0.4, 0.5) is 0 Å². The van der Waals surface area contributed by atoms with Crippen molar-refractivity contribution in [2.24, 2.45) is 11.8 Å². The molecule has 138 valence electrons. The zero-order chi connectivity index (χ0) is 18.6. The van der Waals surface area contributed by atoms with Crippen molar-refractivity contribution in [1.82, 2.24) is 10.0 Å². The Balaban J connectivity index is 2.13. The fourth-order valence-corrected chi connectivity index (χ4v) is 3.51. The van der Waals surface area contributed by atoms with Crippen LogP contribution in [0.3, 0.4) is 0 Å². The fourth-order valence-electron chi connectivity index (χ4n) is 2.35. The number of benzene rings is 1. The molecule has 1 saturated carbocycles. The maximum Gasteiger partial charge on any atom is 0.326 e. The Labute approximate surface area is 147 Å². The monoisotopic (exact) mass is 368 g/mol. The molecule has 2 rings (SSSR count). The van der Waals surface area contributed by atoms with Crippen LogP contribution in [0.1, 0.15) is 43.5 Å². The molecule has 0 unspecified atom stereocenters. The van der Waals surface area contributed by atoms with E-state index in [-0.39, 0.29) is 16.4 Å². The van der Waals surface area contributed by atoms with Crippen LogP contribution in [0.5, 0.6) is 0 Å². The SMILES string of the molecule is CC[C@H](C)[C@H](NC(=O)c1cccc(S(=O)(=O)NCC2CC2)c1)C(=O)O. The molecule has 1 fully saturated rings. The lowest BCUT2D eigenvalue weighted by molar-refractivity contribution is -0.140. The second kappa shape index (κ2) is 7.97. The van der Waals surface area contributed by atoms with Crippen LogP contribution in [0, 0.1) is 11.8 Å². The highest BCUT2D eigenvalue weighted by atomic mass is 32.2. The Kier molecular flexibility index (Phi) is 6.18. The zero-order valence-electron chi connectivity index (χ0n) is 14.4. The summed E-state index contributed by atoms with van der Waals surface area (Å²) in [7, 11) is -3.68. The normalized spacial score (nSPS) is 16.9. The van der Waals surface area contributed by atoms with Crippen molar-refractivity contribution in [1.29, 1.82) is 0 Å². The molecule has 1 aromatic rings. The van der Waals surface area contributed by atoms with Gasteiger partial charge in [0.1, 0.15) is 6.04 Å². The molecule has 0 heterocycles. The van der Waals surface area contributed by atoms with Gasteiger partial charge in [-0.05, 0) is 42.9 Å². The summed E-state index contributed by atoms with van der Waals surface area (Å²) in [5.74, 6) is -1.56. The predicted molar refractivity (Wildman–Crippen MR) is 92.7 cm³/mol. The van der Waals surface area contributed by atoms with Crippen molar-refractivity contribution in [3.63, 3.8) is 0 Å². The van der Waals surface area contributed by atoms with Crippen LogP contribution in [0.25, 0.3) is 0 Å². The van der Waals surface area contributed by atoms with E-state index >= 15 is 0 Å². The Bertz CT molecular complexity index is 743. The van der Waals surface area contributed by atoms with Crippen molar-refractivity contribution >= 4 is 21.9 Å². The number of carbonyl (C=O) groups is 2. The number of carboxylic acid groups (broad SMARTS) is 1. The standard InChI is InChI=1S/C17H24N2O5S/c1-3-11(2)15(17(21)22)19-16(20)13-5-4-6-14(9-13)25(23,24)18-10-12-7-8-12/h4-6,9,11-12,15,18H,3,7-8,10H2,1-2H3,(H,19,20)(H,21,22)/t11-,15-/m0/s1. The number of nitrogens with one attached hydrogen (secondary N) is 2. The number of hydrogen-bond acceptors (Lipinski definition) is 4. The van der Waals surface area contributed by atoms with Crippen molar-refractivity contribution in [2.75, 3.05) is 6.54 Å². The number of rotatable bonds is 9. The van der Waals surface area contributed by atoms with Gasteiger partial charge in [0.05, 0.1) is 4.90 Å². The summed E-state index contributed by atoms with van der Waals surface area (Å²) in [5, 5.41) is 11.7. The molecule has 1 amide bonds. The summed E-state index contributed by atoms with van der Waals surface area (Å²) in [5.41, 5.74) is 0.115. The van der Waals surface area contributed by atoms with Crippen LogP contribution in [-0.4, -0.2) is 38.0 Å². The van der Waals surface area contributed by atoms with Gasteiger partial charge in [0.25, 0.3) is 5.91 Å². The van der Waals surface area contributed by atoms with Crippen molar-refractivity contribution in [2.45, 2.75) is 44.0 Å². The Hall–Kier alpha value is -1.93. The Morgan fingerprint density at radius 1 is 1.32 bits per heavy atom. The third-order valence-corrected chi connectivity index (χ3v) is 5.85. The average Bonchev–Trinajstić information content (AvgIpc) is 3.41. The smallest absolute Gasteiger partial charge is 0.326 e. The molecule has 25 heavy (non-hydrogen) atoms. The lowest BCUT2D eigenvalue weighted by Crippen LogP contribution is -2.45. The van der Waals surface area contributed by atoms with Gasteiger partial charge in [0.15, 0.2) is 0 Å². The maximum atomic E-state index is 12.3. The molecule has 0 aromatic heterocycles. The van der Waals surface area contributed by atoms with Crippen LogP contribution in [0.2, 0.25) is 0 Å². The van der Waals surface area contributed by atoms with E-state index in [2.05, 4.69) is 10.0 Å². The zero-order valence-corrected chi connectivity index (χ0v) is 15.2. The van der Waals surface area contributed by atoms with Crippen LogP contribution in [-0.2, 0) is 14.8 Å². The van der Waals surface area contributed by atoms with Crippen LogP contribution >= 0.6 is 0 Å². The summed E-state index contributed by atoms with van der Waals surface area (Å²) < 4.78 is 27.1. The summed E-state index contributed by atoms with van der Waals surface area (Å²) in [4.78, 5) is 23.7. The van der Waals surface area contributed by atoms with Gasteiger partial charge >= 0.3 is 5.97 Å². The van der Waals surface area contributed by atoms with Gasteiger partial charge in [-0.15, -0.1) is 0 Å². The molecule has 1 aliphatic rings. The lowest BCUT2D eigenvalue weighted by Gasteiger charge is -2.20. The van der Waals surface area contributed by atoms with E-state index in [1.54, 1.807) is 6.92 Å². The minimum absolute atomic E-state index is 0.00350. The van der Waals surface area contributed by atoms with Gasteiger partial charge in [-0.1, -0.05) is 26.3 Å². The minimum atomic E-state index is -3.68. The molecule has 1 aromatic carbocycles. The largest absolute Gasteiger partial charge is 0.480 e. The molecule has 0 radical (unpaired) electrons. The number of amides is 1. The maximum absolute atomic E-state index is 12.3. The van der Waals surface area contributed by atoms with E-state index in [1.165, 1.54) is 24.3 Å². The molecule has 2 atom stereocenters. The number of hydrogen-bond donors (Lipinski definition) is 3. The number of sulfonamides is 1. The molecule has 0 bridgehead atoms. The van der Waals surface area contributed by atoms with Crippen molar-refractivity contribution < 1.29 is 23.1 Å². The van der Waals surface area contributed by atoms with E-state index in [0.717, 1.165) is 12.8 Å². The Morgan fingerprint density at radius 2 is 2.00 bits per heavy atom. The first-order valence-electron chi connectivity index (χ1n) is 8.38. The van der Waals surface area contributed by atoms with E-state index in [9.17, 15) is 23.1 Å². The number of carbonyl (C=O) groups excluding carboxylic acids is 1. The average molecular weight is 368 g/mol. The van der Waals surface area contributed by atoms with E-state index in [4.69, 9.17) is 0 Å². The van der Waals surface area contributed by atoms with E-state index < -0.39 is 27.9 Å². The second-order valence-electron chi connectivity index (χ2n) is 6.50. The van der Waals surface area contributed by atoms with E-state index in [1.807, 2.05) is 6.92 Å². The van der Waals surface area contributed by atoms with Crippen LogP contribution in [0.15, 0.2) is 29.2 Å². The first-order chi connectivity index (χ1) is 11.7. The first-order valence-corrected chi connectivity index (χ1v) is 9.86. The molecule has 8 heteroatoms. The summed E-state index contributed by atoms with van der Waals surface area (Å²) in [6, 6.07) is 4.59.